The lowest BCUT2D eigenvalue weighted by Gasteiger charge is -2.18. The summed E-state index contributed by atoms with van der Waals surface area (Å²) in [5.41, 5.74) is 2.17. The van der Waals surface area contributed by atoms with E-state index in [1.165, 1.54) is 0 Å². The Balaban J connectivity index is 2.31. The molecule has 0 amide bonds. The zero-order chi connectivity index (χ0) is 15.0. The average molecular weight is 281 g/mol. The van der Waals surface area contributed by atoms with Crippen LogP contribution in [0.3, 0.4) is 0 Å². The standard InChI is InChI=1S/C16H27NO3/c1-12-6-4-7-13(2)16(12)20-11-15(19)10-17-14(3)8-5-9-18/h4,6-7,14-15,17-19H,5,8-11H2,1-3H3. The molecule has 0 radical (unpaired) electrons. The van der Waals surface area contributed by atoms with Crippen molar-refractivity contribution >= 4 is 0 Å². The van der Waals surface area contributed by atoms with Crippen molar-refractivity contribution in [3.63, 3.8) is 0 Å². The van der Waals surface area contributed by atoms with Crippen LogP contribution in [0.5, 0.6) is 5.75 Å². The average Bonchev–Trinajstić information content (AvgIpc) is 2.42. The molecule has 0 aliphatic rings. The van der Waals surface area contributed by atoms with E-state index in [1.54, 1.807) is 0 Å². The lowest BCUT2D eigenvalue weighted by atomic mass is 10.1. The molecule has 1 aromatic rings. The van der Waals surface area contributed by atoms with Gasteiger partial charge in [-0.05, 0) is 44.7 Å². The van der Waals surface area contributed by atoms with Crippen molar-refractivity contribution < 1.29 is 14.9 Å². The predicted molar refractivity (Wildman–Crippen MR) is 81.2 cm³/mol. The Labute approximate surface area is 121 Å². The summed E-state index contributed by atoms with van der Waals surface area (Å²) in [7, 11) is 0. The van der Waals surface area contributed by atoms with Gasteiger partial charge in [-0.25, -0.2) is 0 Å². The molecule has 114 valence electrons. The first-order chi connectivity index (χ1) is 9.54. The van der Waals surface area contributed by atoms with Gasteiger partial charge < -0.3 is 20.3 Å². The van der Waals surface area contributed by atoms with Crippen LogP contribution in [-0.2, 0) is 0 Å². The molecular formula is C16H27NO3. The summed E-state index contributed by atoms with van der Waals surface area (Å²) in [6.45, 7) is 7.05. The SMILES string of the molecule is Cc1cccc(C)c1OCC(O)CNC(C)CCCO. The van der Waals surface area contributed by atoms with Crippen molar-refractivity contribution in [1.82, 2.24) is 5.32 Å². The fourth-order valence-corrected chi connectivity index (χ4v) is 2.10. The lowest BCUT2D eigenvalue weighted by Crippen LogP contribution is -2.36. The van der Waals surface area contributed by atoms with E-state index >= 15 is 0 Å². The van der Waals surface area contributed by atoms with Gasteiger partial charge >= 0.3 is 0 Å². The molecule has 0 aromatic heterocycles. The van der Waals surface area contributed by atoms with Gasteiger partial charge in [0.2, 0.25) is 0 Å². The number of benzene rings is 1. The fraction of sp³-hybridized carbons (Fsp3) is 0.625. The molecular weight excluding hydrogens is 254 g/mol. The van der Waals surface area contributed by atoms with E-state index in [0.29, 0.717) is 6.54 Å². The maximum absolute atomic E-state index is 9.93. The monoisotopic (exact) mass is 281 g/mol. The second-order valence-corrected chi connectivity index (χ2v) is 5.36. The van der Waals surface area contributed by atoms with Crippen LogP contribution >= 0.6 is 0 Å². The summed E-state index contributed by atoms with van der Waals surface area (Å²) in [5.74, 6) is 0.861. The number of nitrogens with one attached hydrogen (secondary N) is 1. The van der Waals surface area contributed by atoms with Crippen LogP contribution in [0.1, 0.15) is 30.9 Å². The Kier molecular flexibility index (Phi) is 7.59. The Hall–Kier alpha value is -1.10. The first kappa shape index (κ1) is 17.0. The van der Waals surface area contributed by atoms with E-state index in [1.807, 2.05) is 32.0 Å². The van der Waals surface area contributed by atoms with Gasteiger partial charge in [-0.3, -0.25) is 0 Å². The van der Waals surface area contributed by atoms with Gasteiger partial charge in [0.05, 0.1) is 0 Å². The molecule has 4 heteroatoms. The number of aliphatic hydroxyl groups excluding tert-OH is 2. The third kappa shape index (κ3) is 5.90. The molecule has 2 unspecified atom stereocenters. The fourth-order valence-electron chi connectivity index (χ4n) is 2.10. The molecule has 1 aromatic carbocycles. The molecule has 20 heavy (non-hydrogen) atoms. The molecule has 0 fully saturated rings. The molecule has 0 aliphatic carbocycles. The summed E-state index contributed by atoms with van der Waals surface area (Å²) < 4.78 is 5.71. The van der Waals surface area contributed by atoms with Gasteiger partial charge in [-0.1, -0.05) is 18.2 Å². The van der Waals surface area contributed by atoms with Crippen LogP contribution in [0, 0.1) is 13.8 Å². The molecule has 0 heterocycles. The first-order valence-corrected chi connectivity index (χ1v) is 7.26. The first-order valence-electron chi connectivity index (χ1n) is 7.26. The maximum atomic E-state index is 9.93. The van der Waals surface area contributed by atoms with E-state index in [0.717, 1.165) is 29.7 Å². The number of aliphatic hydroxyl groups is 2. The summed E-state index contributed by atoms with van der Waals surface area (Å²) in [5, 5.41) is 21.9. The number of hydrogen-bond donors (Lipinski definition) is 3. The zero-order valence-electron chi connectivity index (χ0n) is 12.7. The molecule has 0 saturated carbocycles. The molecule has 4 nitrogen and oxygen atoms in total. The molecule has 0 spiro atoms. The summed E-state index contributed by atoms with van der Waals surface area (Å²) >= 11 is 0. The number of aryl methyl sites for hydroxylation is 2. The molecule has 0 bridgehead atoms. The predicted octanol–water partition coefficient (Wildman–Crippen LogP) is 1.79. The minimum Gasteiger partial charge on any atom is -0.490 e. The second-order valence-electron chi connectivity index (χ2n) is 5.36. The van der Waals surface area contributed by atoms with E-state index in [9.17, 15) is 5.11 Å². The Morgan fingerprint density at radius 2 is 1.90 bits per heavy atom. The Bertz CT molecular complexity index is 375. The molecule has 2 atom stereocenters. The minimum atomic E-state index is -0.536. The van der Waals surface area contributed by atoms with Gasteiger partial charge in [0, 0.05) is 19.2 Å². The van der Waals surface area contributed by atoms with Crippen LogP contribution in [-0.4, -0.2) is 42.1 Å². The van der Waals surface area contributed by atoms with Gasteiger partial charge in [0.25, 0.3) is 0 Å². The normalized spacial score (nSPS) is 14.1. The van der Waals surface area contributed by atoms with Crippen molar-refractivity contribution in [2.75, 3.05) is 19.8 Å². The van der Waals surface area contributed by atoms with Crippen LogP contribution < -0.4 is 10.1 Å². The highest BCUT2D eigenvalue weighted by molar-refractivity contribution is 5.39. The molecule has 0 aliphatic heterocycles. The summed E-state index contributed by atoms with van der Waals surface area (Å²) in [6.07, 6.45) is 1.15. The van der Waals surface area contributed by atoms with Crippen LogP contribution in [0.25, 0.3) is 0 Å². The lowest BCUT2D eigenvalue weighted by molar-refractivity contribution is 0.103. The van der Waals surface area contributed by atoms with E-state index in [4.69, 9.17) is 9.84 Å². The van der Waals surface area contributed by atoms with Gasteiger partial charge in [0.1, 0.15) is 18.5 Å². The number of rotatable bonds is 9. The second kappa shape index (κ2) is 8.95. The van der Waals surface area contributed by atoms with Crippen molar-refractivity contribution in [3.8, 4) is 5.75 Å². The zero-order valence-corrected chi connectivity index (χ0v) is 12.7. The maximum Gasteiger partial charge on any atom is 0.125 e. The smallest absolute Gasteiger partial charge is 0.125 e. The van der Waals surface area contributed by atoms with Crippen molar-refractivity contribution in [3.05, 3.63) is 29.3 Å². The highest BCUT2D eigenvalue weighted by Crippen LogP contribution is 2.22. The highest BCUT2D eigenvalue weighted by Gasteiger charge is 2.10. The topological polar surface area (TPSA) is 61.7 Å². The Morgan fingerprint density at radius 1 is 1.25 bits per heavy atom. The summed E-state index contributed by atoms with van der Waals surface area (Å²) in [4.78, 5) is 0. The van der Waals surface area contributed by atoms with Crippen molar-refractivity contribution in [1.29, 1.82) is 0 Å². The number of hydrogen-bond acceptors (Lipinski definition) is 4. The van der Waals surface area contributed by atoms with E-state index in [2.05, 4.69) is 12.2 Å². The molecule has 1 rings (SSSR count). The van der Waals surface area contributed by atoms with Crippen LogP contribution in [0.2, 0.25) is 0 Å². The van der Waals surface area contributed by atoms with Crippen LogP contribution in [0.15, 0.2) is 18.2 Å². The van der Waals surface area contributed by atoms with Crippen molar-refractivity contribution in [2.24, 2.45) is 0 Å². The highest BCUT2D eigenvalue weighted by atomic mass is 16.5. The molecule has 3 N–H and O–H groups in total. The quantitative estimate of drug-likeness (QED) is 0.646. The number of ether oxygens (including phenoxy) is 1. The van der Waals surface area contributed by atoms with Gasteiger partial charge in [-0.15, -0.1) is 0 Å². The Morgan fingerprint density at radius 3 is 2.50 bits per heavy atom. The van der Waals surface area contributed by atoms with Gasteiger partial charge in [-0.2, -0.15) is 0 Å². The van der Waals surface area contributed by atoms with Crippen LogP contribution in [0.4, 0.5) is 0 Å². The third-order valence-corrected chi connectivity index (χ3v) is 3.33. The van der Waals surface area contributed by atoms with Gasteiger partial charge in [0.15, 0.2) is 0 Å². The number of para-hydroxylation sites is 1. The third-order valence-electron chi connectivity index (χ3n) is 3.33. The molecule has 0 saturated heterocycles. The minimum absolute atomic E-state index is 0.213. The van der Waals surface area contributed by atoms with Crippen molar-refractivity contribution in [2.45, 2.75) is 45.8 Å². The largest absolute Gasteiger partial charge is 0.490 e. The van der Waals surface area contributed by atoms with E-state index < -0.39 is 6.10 Å². The van der Waals surface area contributed by atoms with E-state index in [-0.39, 0.29) is 19.3 Å². The summed E-state index contributed by atoms with van der Waals surface area (Å²) in [6, 6.07) is 6.30.